The molecule has 1 heterocycles. The molecule has 0 bridgehead atoms. The smallest absolute Gasteiger partial charge is 0.203 e. The molecular formula is C18H15F2N3OS. The van der Waals surface area contributed by atoms with Crippen LogP contribution in [0.3, 0.4) is 0 Å². The summed E-state index contributed by atoms with van der Waals surface area (Å²) < 4.78 is 32.1. The molecule has 0 saturated carbocycles. The molecule has 0 unspecified atom stereocenters. The zero-order valence-electron chi connectivity index (χ0n) is 13.4. The van der Waals surface area contributed by atoms with E-state index in [1.165, 1.54) is 11.3 Å². The lowest BCUT2D eigenvalue weighted by Crippen LogP contribution is -1.99. The van der Waals surface area contributed by atoms with Crippen LogP contribution in [0.2, 0.25) is 0 Å². The SMILES string of the molecule is Cc1csc(NN=Cc2ccc(OCc3cc(F)ccc3F)cc2)n1. The second kappa shape index (κ2) is 7.85. The molecule has 0 fully saturated rings. The molecule has 0 atom stereocenters. The minimum Gasteiger partial charge on any atom is -0.489 e. The molecule has 2 aromatic carbocycles. The van der Waals surface area contributed by atoms with Crippen molar-refractivity contribution in [1.29, 1.82) is 0 Å². The second-order valence-corrected chi connectivity index (χ2v) is 6.12. The number of aromatic nitrogens is 1. The number of thiazole rings is 1. The molecule has 7 heteroatoms. The molecule has 4 nitrogen and oxygen atoms in total. The molecule has 0 spiro atoms. The highest BCUT2D eigenvalue weighted by molar-refractivity contribution is 7.13. The maximum Gasteiger partial charge on any atom is 0.203 e. The van der Waals surface area contributed by atoms with E-state index in [9.17, 15) is 8.78 Å². The van der Waals surface area contributed by atoms with E-state index < -0.39 is 11.6 Å². The van der Waals surface area contributed by atoms with Crippen LogP contribution >= 0.6 is 11.3 Å². The monoisotopic (exact) mass is 359 g/mol. The van der Waals surface area contributed by atoms with Crippen molar-refractivity contribution in [2.75, 3.05) is 5.43 Å². The summed E-state index contributed by atoms with van der Waals surface area (Å²) in [6.45, 7) is 1.88. The van der Waals surface area contributed by atoms with Crippen LogP contribution in [0.5, 0.6) is 5.75 Å². The lowest BCUT2D eigenvalue weighted by Gasteiger charge is -2.07. The van der Waals surface area contributed by atoms with Crippen molar-refractivity contribution in [3.63, 3.8) is 0 Å². The Labute approximate surface area is 147 Å². The maximum atomic E-state index is 13.5. The van der Waals surface area contributed by atoms with Gasteiger partial charge < -0.3 is 4.74 Å². The van der Waals surface area contributed by atoms with E-state index in [4.69, 9.17) is 4.74 Å². The Morgan fingerprint density at radius 1 is 1.20 bits per heavy atom. The van der Waals surface area contributed by atoms with Crippen molar-refractivity contribution < 1.29 is 13.5 Å². The number of benzene rings is 2. The fraction of sp³-hybridized carbons (Fsp3) is 0.111. The molecule has 0 saturated heterocycles. The first-order chi connectivity index (χ1) is 12.1. The molecule has 0 amide bonds. The fourth-order valence-electron chi connectivity index (χ4n) is 2.03. The van der Waals surface area contributed by atoms with Gasteiger partial charge in [-0.05, 0) is 55.0 Å². The average Bonchev–Trinajstić information content (AvgIpc) is 3.02. The first-order valence-corrected chi connectivity index (χ1v) is 8.36. The quantitative estimate of drug-likeness (QED) is 0.510. The standard InChI is InChI=1S/C18H15F2N3OS/c1-12-11-25-18(22-12)23-21-9-13-2-5-16(6-3-13)24-10-14-8-15(19)4-7-17(14)20/h2-9,11H,10H2,1H3,(H,22,23). The second-order valence-electron chi connectivity index (χ2n) is 5.26. The van der Waals surface area contributed by atoms with Gasteiger partial charge in [0, 0.05) is 10.9 Å². The van der Waals surface area contributed by atoms with Gasteiger partial charge in [0.15, 0.2) is 0 Å². The third kappa shape index (κ3) is 4.84. The van der Waals surface area contributed by atoms with E-state index in [0.29, 0.717) is 5.75 Å². The molecular weight excluding hydrogens is 344 g/mol. The van der Waals surface area contributed by atoms with Gasteiger partial charge in [-0.25, -0.2) is 13.8 Å². The van der Waals surface area contributed by atoms with Crippen molar-refractivity contribution in [3.05, 3.63) is 76.3 Å². The Kier molecular flexibility index (Phi) is 5.35. The molecule has 3 rings (SSSR count). The molecule has 0 aliphatic rings. The Balaban J connectivity index is 1.55. The van der Waals surface area contributed by atoms with Crippen molar-refractivity contribution in [1.82, 2.24) is 4.98 Å². The van der Waals surface area contributed by atoms with Gasteiger partial charge in [0.05, 0.1) is 11.9 Å². The minimum atomic E-state index is -0.492. The summed E-state index contributed by atoms with van der Waals surface area (Å²) in [7, 11) is 0. The number of aryl methyl sites for hydroxylation is 1. The summed E-state index contributed by atoms with van der Waals surface area (Å²) in [6.07, 6.45) is 1.66. The lowest BCUT2D eigenvalue weighted by atomic mass is 10.2. The topological polar surface area (TPSA) is 46.5 Å². The first kappa shape index (κ1) is 17.0. The largest absolute Gasteiger partial charge is 0.489 e. The molecule has 1 N–H and O–H groups in total. The number of rotatable bonds is 6. The maximum absolute atomic E-state index is 13.5. The molecule has 25 heavy (non-hydrogen) atoms. The van der Waals surface area contributed by atoms with Gasteiger partial charge in [0.25, 0.3) is 0 Å². The number of ether oxygens (including phenoxy) is 1. The number of anilines is 1. The summed E-state index contributed by atoms with van der Waals surface area (Å²) in [5, 5.41) is 6.77. The van der Waals surface area contributed by atoms with Gasteiger partial charge in [-0.15, -0.1) is 11.3 Å². The van der Waals surface area contributed by atoms with Crippen LogP contribution in [-0.4, -0.2) is 11.2 Å². The molecule has 3 aromatic rings. The predicted octanol–water partition coefficient (Wildman–Crippen LogP) is 4.75. The van der Waals surface area contributed by atoms with Crippen molar-refractivity contribution in [2.24, 2.45) is 5.10 Å². The first-order valence-electron chi connectivity index (χ1n) is 7.48. The number of hydrogen-bond donors (Lipinski definition) is 1. The highest BCUT2D eigenvalue weighted by atomic mass is 32.1. The predicted molar refractivity (Wildman–Crippen MR) is 95.2 cm³/mol. The Morgan fingerprint density at radius 3 is 2.72 bits per heavy atom. The van der Waals surface area contributed by atoms with Crippen LogP contribution in [-0.2, 0) is 6.61 Å². The van der Waals surface area contributed by atoms with Gasteiger partial charge in [-0.1, -0.05) is 0 Å². The number of nitrogens with zero attached hydrogens (tertiary/aromatic N) is 2. The molecule has 0 aliphatic carbocycles. The van der Waals surface area contributed by atoms with Gasteiger partial charge in [-0.3, -0.25) is 5.43 Å². The van der Waals surface area contributed by atoms with Gasteiger partial charge in [0.2, 0.25) is 5.13 Å². The Bertz CT molecular complexity index is 878. The Morgan fingerprint density at radius 2 is 2.00 bits per heavy atom. The fourth-order valence-corrected chi connectivity index (χ4v) is 2.67. The summed E-state index contributed by atoms with van der Waals surface area (Å²) in [5.41, 5.74) is 4.84. The molecule has 0 aliphatic heterocycles. The summed E-state index contributed by atoms with van der Waals surface area (Å²) in [6, 6.07) is 10.4. The minimum absolute atomic E-state index is 0.0397. The van der Waals surface area contributed by atoms with E-state index in [1.54, 1.807) is 18.3 Å². The zero-order chi connectivity index (χ0) is 17.6. The van der Waals surface area contributed by atoms with Crippen LogP contribution < -0.4 is 10.2 Å². The van der Waals surface area contributed by atoms with E-state index >= 15 is 0 Å². The number of nitrogens with one attached hydrogen (secondary N) is 1. The van der Waals surface area contributed by atoms with E-state index in [1.807, 2.05) is 24.4 Å². The van der Waals surface area contributed by atoms with E-state index in [0.717, 1.165) is 34.6 Å². The van der Waals surface area contributed by atoms with Crippen LogP contribution in [0.4, 0.5) is 13.9 Å². The number of hydrogen-bond acceptors (Lipinski definition) is 5. The highest BCUT2D eigenvalue weighted by Crippen LogP contribution is 2.17. The third-order valence-electron chi connectivity index (χ3n) is 3.28. The average molecular weight is 359 g/mol. The third-order valence-corrected chi connectivity index (χ3v) is 4.14. The van der Waals surface area contributed by atoms with Gasteiger partial charge in [0.1, 0.15) is 24.0 Å². The highest BCUT2D eigenvalue weighted by Gasteiger charge is 2.05. The van der Waals surface area contributed by atoms with E-state index in [2.05, 4.69) is 15.5 Å². The van der Waals surface area contributed by atoms with Crippen LogP contribution in [0.25, 0.3) is 0 Å². The van der Waals surface area contributed by atoms with Gasteiger partial charge in [-0.2, -0.15) is 5.10 Å². The number of halogens is 2. The number of hydrazone groups is 1. The van der Waals surface area contributed by atoms with Crippen molar-refractivity contribution in [3.8, 4) is 5.75 Å². The molecule has 0 radical (unpaired) electrons. The van der Waals surface area contributed by atoms with Gasteiger partial charge >= 0.3 is 0 Å². The summed E-state index contributed by atoms with van der Waals surface area (Å²) in [5.74, 6) is -0.424. The Hall–Kier alpha value is -2.80. The zero-order valence-corrected chi connectivity index (χ0v) is 14.2. The van der Waals surface area contributed by atoms with E-state index in [-0.39, 0.29) is 12.2 Å². The van der Waals surface area contributed by atoms with Crippen LogP contribution in [0.15, 0.2) is 52.9 Å². The molecule has 1 aromatic heterocycles. The van der Waals surface area contributed by atoms with Crippen LogP contribution in [0.1, 0.15) is 16.8 Å². The van der Waals surface area contributed by atoms with Crippen molar-refractivity contribution in [2.45, 2.75) is 13.5 Å². The normalized spacial score (nSPS) is 11.0. The van der Waals surface area contributed by atoms with Crippen molar-refractivity contribution >= 4 is 22.7 Å². The summed E-state index contributed by atoms with van der Waals surface area (Å²) >= 11 is 1.48. The lowest BCUT2D eigenvalue weighted by molar-refractivity contribution is 0.299. The summed E-state index contributed by atoms with van der Waals surface area (Å²) in [4.78, 5) is 4.24. The van der Waals surface area contributed by atoms with Crippen LogP contribution in [0, 0.1) is 18.6 Å². The molecule has 128 valence electrons.